The number of hydrogen-bond donors (Lipinski definition) is 0. The summed E-state index contributed by atoms with van der Waals surface area (Å²) in [5, 5.41) is 6.03. The van der Waals surface area contributed by atoms with Crippen LogP contribution >= 0.6 is 15.2 Å². The molecule has 0 radical (unpaired) electrons. The topological polar surface area (TPSA) is 0 Å². The summed E-state index contributed by atoms with van der Waals surface area (Å²) in [7, 11) is -2.12. The van der Waals surface area contributed by atoms with Gasteiger partial charge in [-0.1, -0.05) is 108 Å². The van der Waals surface area contributed by atoms with E-state index in [1.165, 1.54) is 80.1 Å². The molecule has 2 aliphatic carbocycles. The van der Waals surface area contributed by atoms with Gasteiger partial charge in [0.05, 0.1) is 23.2 Å². The molecule has 39 heavy (non-hydrogen) atoms. The lowest BCUT2D eigenvalue weighted by Crippen LogP contribution is -2.39. The molecule has 0 N–H and O–H groups in total. The van der Waals surface area contributed by atoms with Crippen LogP contribution in [0.3, 0.4) is 0 Å². The van der Waals surface area contributed by atoms with Crippen LogP contribution in [0.1, 0.15) is 82.4 Å². The molecule has 0 bridgehead atoms. The van der Waals surface area contributed by atoms with Crippen molar-refractivity contribution in [2.24, 2.45) is 0 Å². The van der Waals surface area contributed by atoms with Crippen LogP contribution in [0.5, 0.6) is 0 Å². The molecule has 0 nitrogen and oxygen atoms in total. The van der Waals surface area contributed by atoms with Crippen molar-refractivity contribution in [1.29, 1.82) is 0 Å². The van der Waals surface area contributed by atoms with E-state index in [1.54, 1.807) is 10.9 Å². The third-order valence-corrected chi connectivity index (χ3v) is 17.7. The maximum Gasteiger partial charge on any atom is 0.0985 e. The highest BCUT2D eigenvalue weighted by atomic mass is 31.2. The minimum absolute atomic E-state index is 0.0611. The maximum atomic E-state index is 2.64. The molecule has 0 unspecified atom stereocenters. The molecular weight excluding hydrogens is 506 g/mol. The van der Waals surface area contributed by atoms with E-state index in [0.717, 1.165) is 11.3 Å². The lowest BCUT2D eigenvalue weighted by molar-refractivity contribution is 0.481. The number of rotatable bonds is 8. The summed E-state index contributed by atoms with van der Waals surface area (Å²) < 4.78 is 0. The van der Waals surface area contributed by atoms with E-state index in [1.807, 2.05) is 0 Å². The van der Waals surface area contributed by atoms with Gasteiger partial charge in [-0.3, -0.25) is 0 Å². The van der Waals surface area contributed by atoms with Crippen molar-refractivity contribution in [3.63, 3.8) is 0 Å². The van der Waals surface area contributed by atoms with E-state index in [0.29, 0.717) is 5.66 Å². The van der Waals surface area contributed by atoms with Gasteiger partial charge in [-0.25, -0.2) is 12.1 Å². The molecule has 2 fully saturated rings. The van der Waals surface area contributed by atoms with Crippen molar-refractivity contribution >= 4 is 36.4 Å². The van der Waals surface area contributed by atoms with E-state index >= 15 is 0 Å². The summed E-state index contributed by atoms with van der Waals surface area (Å²) in [6.07, 6.45) is 14.6. The second kappa shape index (κ2) is 12.6. The summed E-state index contributed by atoms with van der Waals surface area (Å²) in [5.74, 6) is 0. The normalized spacial score (nSPS) is 18.3. The third-order valence-electron chi connectivity index (χ3n) is 9.51. The smallest absolute Gasteiger partial charge is 0.0985 e. The largest absolute Gasteiger partial charge is 0.210 e. The second-order valence-electron chi connectivity index (χ2n) is 11.8. The average molecular weight is 551 g/mol. The van der Waals surface area contributed by atoms with Gasteiger partial charge in [-0.2, -0.15) is 0 Å². The van der Waals surface area contributed by atoms with Gasteiger partial charge >= 0.3 is 0 Å². The maximum absolute atomic E-state index is 2.64. The highest BCUT2D eigenvalue weighted by Crippen LogP contribution is 2.66. The Bertz CT molecular complexity index is 1170. The molecule has 4 aromatic rings. The molecule has 202 valence electrons. The van der Waals surface area contributed by atoms with Crippen LogP contribution in [-0.2, 0) is 0 Å². The Labute approximate surface area is 238 Å². The Morgan fingerprint density at radius 2 is 0.974 bits per heavy atom. The van der Waals surface area contributed by atoms with Gasteiger partial charge in [0.15, 0.2) is 0 Å². The predicted octanol–water partition coefficient (Wildman–Crippen LogP) is 9.23. The monoisotopic (exact) mass is 550 g/mol. The summed E-state index contributed by atoms with van der Waals surface area (Å²) in [4.78, 5) is 0. The summed E-state index contributed by atoms with van der Waals surface area (Å²) >= 11 is 0. The zero-order chi connectivity index (χ0) is 26.5. The molecule has 2 heteroatoms. The SMILES string of the molecule is C[C@H](c1ccc[c-]1[P+](c1ccccc1)(c1ccccc1)c1ccccc1)P(C1CCCCC1)C1CCCCC1. The first-order chi connectivity index (χ1) is 19.3. The van der Waals surface area contributed by atoms with E-state index in [9.17, 15) is 0 Å². The summed E-state index contributed by atoms with van der Waals surface area (Å²) in [5.41, 5.74) is 4.20. The van der Waals surface area contributed by atoms with E-state index in [-0.39, 0.29) is 7.92 Å². The summed E-state index contributed by atoms with van der Waals surface area (Å²) in [6, 6.07) is 41.9. The molecule has 0 spiro atoms. The number of benzene rings is 3. The molecular formula is C37H44P2. The fraction of sp³-hybridized carbons (Fsp3) is 0.378. The van der Waals surface area contributed by atoms with Crippen LogP contribution in [-0.4, -0.2) is 11.3 Å². The molecule has 0 amide bonds. The molecule has 0 saturated heterocycles. The van der Waals surface area contributed by atoms with Gasteiger partial charge in [0.25, 0.3) is 0 Å². The molecule has 0 heterocycles. The minimum atomic E-state index is -2.06. The van der Waals surface area contributed by atoms with Crippen molar-refractivity contribution in [3.05, 3.63) is 115 Å². The molecule has 0 aromatic heterocycles. The van der Waals surface area contributed by atoms with Gasteiger partial charge in [0.1, 0.15) is 0 Å². The van der Waals surface area contributed by atoms with Gasteiger partial charge in [0.2, 0.25) is 0 Å². The molecule has 2 aliphatic rings. The standard InChI is InChI=1S/C37H44P2/c1-30(38(31-18-7-2-8-19-31)32-20-9-3-10-21-32)36-28-17-29-37(36)39(33-22-11-4-12-23-33,34-24-13-5-14-25-34)35-26-15-6-16-27-35/h4-6,11-17,22-32H,2-3,7-10,18-21H2,1H3/t30-/m1/s1. The Hall–Kier alpha value is -2.13. The first-order valence-corrected chi connectivity index (χ1v) is 18.7. The Morgan fingerprint density at radius 3 is 1.38 bits per heavy atom. The van der Waals surface area contributed by atoms with Crippen molar-refractivity contribution in [1.82, 2.24) is 0 Å². The second-order valence-corrected chi connectivity index (χ2v) is 18.3. The van der Waals surface area contributed by atoms with Crippen molar-refractivity contribution in [2.75, 3.05) is 0 Å². The first-order valence-electron chi connectivity index (χ1n) is 15.4. The molecule has 1 atom stereocenters. The van der Waals surface area contributed by atoms with Crippen LogP contribution in [0.15, 0.2) is 109 Å². The third kappa shape index (κ3) is 5.33. The molecule has 6 rings (SSSR count). The van der Waals surface area contributed by atoms with Crippen molar-refractivity contribution in [3.8, 4) is 0 Å². The van der Waals surface area contributed by atoms with Crippen LogP contribution in [0, 0.1) is 0 Å². The molecule has 2 saturated carbocycles. The van der Waals surface area contributed by atoms with Crippen LogP contribution in [0.2, 0.25) is 0 Å². The Kier molecular flexibility index (Phi) is 8.73. The zero-order valence-electron chi connectivity index (χ0n) is 23.6. The summed E-state index contributed by atoms with van der Waals surface area (Å²) in [6.45, 7) is 2.64. The fourth-order valence-corrected chi connectivity index (χ4v) is 16.7. The van der Waals surface area contributed by atoms with Crippen LogP contribution in [0.25, 0.3) is 0 Å². The van der Waals surface area contributed by atoms with Gasteiger partial charge < -0.3 is 0 Å². The highest BCUT2D eigenvalue weighted by molar-refractivity contribution is 8.01. The van der Waals surface area contributed by atoms with Gasteiger partial charge in [0, 0.05) is 5.30 Å². The Balaban J connectivity index is 1.55. The van der Waals surface area contributed by atoms with Crippen LogP contribution in [0.4, 0.5) is 0 Å². The molecule has 0 aliphatic heterocycles. The van der Waals surface area contributed by atoms with Crippen molar-refractivity contribution < 1.29 is 0 Å². The first kappa shape index (κ1) is 27.1. The fourth-order valence-electron chi connectivity index (χ4n) is 7.75. The number of hydrogen-bond acceptors (Lipinski definition) is 0. The predicted molar refractivity (Wildman–Crippen MR) is 176 cm³/mol. The highest BCUT2D eigenvalue weighted by Gasteiger charge is 2.46. The Morgan fingerprint density at radius 1 is 0.564 bits per heavy atom. The lowest BCUT2D eigenvalue weighted by atomic mass is 9.99. The quantitative estimate of drug-likeness (QED) is 0.152. The van der Waals surface area contributed by atoms with Crippen LogP contribution < -0.4 is 21.2 Å². The van der Waals surface area contributed by atoms with E-state index < -0.39 is 7.26 Å². The van der Waals surface area contributed by atoms with E-state index in [2.05, 4.69) is 116 Å². The van der Waals surface area contributed by atoms with Crippen molar-refractivity contribution in [2.45, 2.75) is 88.1 Å². The lowest BCUT2D eigenvalue weighted by Gasteiger charge is -2.44. The van der Waals surface area contributed by atoms with E-state index in [4.69, 9.17) is 0 Å². The molecule has 4 aromatic carbocycles. The van der Waals surface area contributed by atoms with Gasteiger partial charge in [-0.15, -0.1) is 11.6 Å². The zero-order valence-corrected chi connectivity index (χ0v) is 25.4. The van der Waals surface area contributed by atoms with Gasteiger partial charge in [-0.05, 0) is 79.1 Å². The minimum Gasteiger partial charge on any atom is -0.210 e. The average Bonchev–Trinajstić information content (AvgIpc) is 3.51.